The van der Waals surface area contributed by atoms with Gasteiger partial charge in [0.15, 0.2) is 0 Å². The van der Waals surface area contributed by atoms with E-state index in [1.807, 2.05) is 30.0 Å². The van der Waals surface area contributed by atoms with Gasteiger partial charge < -0.3 is 0 Å². The first-order chi connectivity index (χ1) is 6.83. The highest BCUT2D eigenvalue weighted by Crippen LogP contribution is 2.14. The van der Waals surface area contributed by atoms with Gasteiger partial charge in [0.2, 0.25) is 0 Å². The molecule has 0 bridgehead atoms. The van der Waals surface area contributed by atoms with Crippen LogP contribution in [0, 0.1) is 0 Å². The van der Waals surface area contributed by atoms with Crippen molar-refractivity contribution in [2.45, 2.75) is 31.9 Å². The van der Waals surface area contributed by atoms with E-state index in [9.17, 15) is 0 Å². The number of nitrogens with zero attached hydrogens (tertiary/aromatic N) is 1. The highest BCUT2D eigenvalue weighted by atomic mass is 35.5. The van der Waals surface area contributed by atoms with Gasteiger partial charge in [0.25, 0.3) is 0 Å². The molecule has 1 aromatic heterocycles. The molecule has 0 saturated heterocycles. The van der Waals surface area contributed by atoms with Crippen LogP contribution < -0.4 is 0 Å². The van der Waals surface area contributed by atoms with E-state index in [0.29, 0.717) is 5.15 Å². The van der Waals surface area contributed by atoms with Crippen molar-refractivity contribution in [3.8, 4) is 0 Å². The maximum Gasteiger partial charge on any atom is 0.129 e. The number of halogens is 1. The van der Waals surface area contributed by atoms with E-state index < -0.39 is 0 Å². The summed E-state index contributed by atoms with van der Waals surface area (Å²) in [5.74, 6) is 2.20. The summed E-state index contributed by atoms with van der Waals surface area (Å²) in [6, 6.07) is 5.79. The first-order valence-electron chi connectivity index (χ1n) is 5.02. The van der Waals surface area contributed by atoms with Crippen LogP contribution in [-0.4, -0.2) is 10.7 Å². The second kappa shape index (κ2) is 7.13. The SMILES string of the molecule is CCCCCSCc1cccc(Cl)n1. The molecule has 14 heavy (non-hydrogen) atoms. The van der Waals surface area contributed by atoms with E-state index in [1.165, 1.54) is 25.0 Å². The number of hydrogen-bond acceptors (Lipinski definition) is 2. The third-order valence-electron chi connectivity index (χ3n) is 1.91. The summed E-state index contributed by atoms with van der Waals surface area (Å²) in [6.45, 7) is 2.23. The van der Waals surface area contributed by atoms with Gasteiger partial charge in [0, 0.05) is 5.75 Å². The topological polar surface area (TPSA) is 12.9 Å². The lowest BCUT2D eigenvalue weighted by molar-refractivity contribution is 0.778. The Labute approximate surface area is 95.3 Å². The Morgan fingerprint density at radius 1 is 1.36 bits per heavy atom. The largest absolute Gasteiger partial charge is 0.240 e. The first kappa shape index (κ1) is 11.9. The molecular weight excluding hydrogens is 214 g/mol. The lowest BCUT2D eigenvalue weighted by Crippen LogP contribution is -1.88. The molecule has 0 N–H and O–H groups in total. The average molecular weight is 230 g/mol. The van der Waals surface area contributed by atoms with Crippen molar-refractivity contribution in [2.75, 3.05) is 5.75 Å². The molecule has 1 rings (SSSR count). The highest BCUT2D eigenvalue weighted by molar-refractivity contribution is 7.98. The number of hydrogen-bond donors (Lipinski definition) is 0. The molecule has 0 unspecified atom stereocenters. The zero-order valence-corrected chi connectivity index (χ0v) is 10.1. The van der Waals surface area contributed by atoms with Gasteiger partial charge >= 0.3 is 0 Å². The fraction of sp³-hybridized carbons (Fsp3) is 0.545. The summed E-state index contributed by atoms with van der Waals surface area (Å²) in [4.78, 5) is 4.24. The van der Waals surface area contributed by atoms with Gasteiger partial charge in [-0.3, -0.25) is 0 Å². The first-order valence-corrected chi connectivity index (χ1v) is 6.55. The van der Waals surface area contributed by atoms with E-state index in [-0.39, 0.29) is 0 Å². The molecule has 1 nitrogen and oxygen atoms in total. The van der Waals surface area contributed by atoms with E-state index in [2.05, 4.69) is 11.9 Å². The fourth-order valence-electron chi connectivity index (χ4n) is 1.16. The van der Waals surface area contributed by atoms with Gasteiger partial charge in [-0.25, -0.2) is 4.98 Å². The van der Waals surface area contributed by atoms with Crippen LogP contribution in [0.1, 0.15) is 31.9 Å². The summed E-state index contributed by atoms with van der Waals surface area (Å²) in [5.41, 5.74) is 1.08. The molecule has 0 aliphatic carbocycles. The fourth-order valence-corrected chi connectivity index (χ4v) is 2.27. The zero-order chi connectivity index (χ0) is 10.2. The molecule has 78 valence electrons. The molecular formula is C11H16ClNS. The van der Waals surface area contributed by atoms with Crippen molar-refractivity contribution in [1.29, 1.82) is 0 Å². The van der Waals surface area contributed by atoms with Crippen molar-refractivity contribution in [3.63, 3.8) is 0 Å². The van der Waals surface area contributed by atoms with E-state index in [4.69, 9.17) is 11.6 Å². The molecule has 1 heterocycles. The van der Waals surface area contributed by atoms with Crippen LogP contribution in [0.15, 0.2) is 18.2 Å². The van der Waals surface area contributed by atoms with Crippen LogP contribution >= 0.6 is 23.4 Å². The maximum absolute atomic E-state index is 5.79. The molecule has 0 atom stereocenters. The molecule has 0 spiro atoms. The summed E-state index contributed by atoms with van der Waals surface area (Å²) in [5, 5.41) is 0.594. The van der Waals surface area contributed by atoms with E-state index >= 15 is 0 Å². The van der Waals surface area contributed by atoms with Crippen molar-refractivity contribution in [2.24, 2.45) is 0 Å². The number of rotatable bonds is 6. The Morgan fingerprint density at radius 2 is 2.21 bits per heavy atom. The molecule has 0 radical (unpaired) electrons. The molecule has 0 saturated carbocycles. The Kier molecular flexibility index (Phi) is 6.04. The minimum Gasteiger partial charge on any atom is -0.240 e. The smallest absolute Gasteiger partial charge is 0.129 e. The standard InChI is InChI=1S/C11H16ClNS/c1-2-3-4-8-14-9-10-6-5-7-11(12)13-10/h5-7H,2-4,8-9H2,1H3. The van der Waals surface area contributed by atoms with Gasteiger partial charge in [-0.2, -0.15) is 11.8 Å². The molecule has 0 aliphatic rings. The summed E-state index contributed by atoms with van der Waals surface area (Å²) >= 11 is 7.72. The number of thioether (sulfide) groups is 1. The Bertz CT molecular complexity index is 265. The molecule has 0 aliphatic heterocycles. The van der Waals surface area contributed by atoms with Crippen LogP contribution in [0.4, 0.5) is 0 Å². The monoisotopic (exact) mass is 229 g/mol. The Hall–Kier alpha value is -0.210. The molecule has 3 heteroatoms. The number of pyridine rings is 1. The van der Waals surface area contributed by atoms with Crippen LogP contribution in [0.25, 0.3) is 0 Å². The van der Waals surface area contributed by atoms with Gasteiger partial charge in [-0.15, -0.1) is 0 Å². The van der Waals surface area contributed by atoms with Crippen LogP contribution in [0.3, 0.4) is 0 Å². The second-order valence-electron chi connectivity index (χ2n) is 3.21. The molecule has 0 amide bonds. The van der Waals surface area contributed by atoms with Crippen molar-refractivity contribution in [3.05, 3.63) is 29.0 Å². The average Bonchev–Trinajstić information content (AvgIpc) is 2.18. The number of aromatic nitrogens is 1. The minimum absolute atomic E-state index is 0.594. The van der Waals surface area contributed by atoms with Gasteiger partial charge in [-0.05, 0) is 24.3 Å². The summed E-state index contributed by atoms with van der Waals surface area (Å²) < 4.78 is 0. The molecule has 0 aromatic carbocycles. The highest BCUT2D eigenvalue weighted by Gasteiger charge is 1.96. The van der Waals surface area contributed by atoms with Crippen molar-refractivity contribution >= 4 is 23.4 Å². The summed E-state index contributed by atoms with van der Waals surface area (Å²) in [6.07, 6.45) is 3.92. The predicted molar refractivity (Wildman–Crippen MR) is 64.9 cm³/mol. The lowest BCUT2D eigenvalue weighted by atomic mass is 10.3. The van der Waals surface area contributed by atoms with Crippen molar-refractivity contribution < 1.29 is 0 Å². The molecule has 0 fully saturated rings. The number of unbranched alkanes of at least 4 members (excludes halogenated alkanes) is 2. The quantitative estimate of drug-likeness (QED) is 0.537. The lowest BCUT2D eigenvalue weighted by Gasteiger charge is -2.00. The Balaban J connectivity index is 2.18. The normalized spacial score (nSPS) is 10.4. The van der Waals surface area contributed by atoms with E-state index in [1.54, 1.807) is 0 Å². The van der Waals surface area contributed by atoms with E-state index in [0.717, 1.165) is 11.4 Å². The van der Waals surface area contributed by atoms with Crippen LogP contribution in [0.2, 0.25) is 5.15 Å². The maximum atomic E-state index is 5.79. The minimum atomic E-state index is 0.594. The Morgan fingerprint density at radius 3 is 2.93 bits per heavy atom. The van der Waals surface area contributed by atoms with Crippen molar-refractivity contribution in [1.82, 2.24) is 4.98 Å². The van der Waals surface area contributed by atoms with Crippen LogP contribution in [-0.2, 0) is 5.75 Å². The van der Waals surface area contributed by atoms with Gasteiger partial charge in [0.05, 0.1) is 5.69 Å². The predicted octanol–water partition coefficient (Wildman–Crippen LogP) is 4.16. The second-order valence-corrected chi connectivity index (χ2v) is 4.70. The summed E-state index contributed by atoms with van der Waals surface area (Å²) in [7, 11) is 0. The third-order valence-corrected chi connectivity index (χ3v) is 3.20. The third kappa shape index (κ3) is 4.87. The van der Waals surface area contributed by atoms with Gasteiger partial charge in [0.1, 0.15) is 5.15 Å². The van der Waals surface area contributed by atoms with Gasteiger partial charge in [-0.1, -0.05) is 37.4 Å². The molecule has 1 aromatic rings. The zero-order valence-electron chi connectivity index (χ0n) is 8.50. The van der Waals surface area contributed by atoms with Crippen LogP contribution in [0.5, 0.6) is 0 Å².